The smallest absolute Gasteiger partial charge is 0.342 e. The number of nitrogens with zero attached hydrogens (tertiary/aromatic N) is 2. The molecule has 9 heteroatoms. The molecule has 1 heterocycles. The molecule has 6 nitrogen and oxygen atoms in total. The van der Waals surface area contributed by atoms with Crippen LogP contribution < -0.4 is 5.11 Å². The fourth-order valence-corrected chi connectivity index (χ4v) is 2.96. The number of aromatic amines is 1. The quantitative estimate of drug-likeness (QED) is 0.595. The van der Waals surface area contributed by atoms with E-state index >= 15 is 0 Å². The zero-order chi connectivity index (χ0) is 17.0. The Labute approximate surface area is 146 Å². The molecule has 23 heavy (non-hydrogen) atoms. The van der Waals surface area contributed by atoms with Crippen molar-refractivity contribution in [2.24, 2.45) is 0 Å². The lowest BCUT2D eigenvalue weighted by molar-refractivity contribution is -0.268. The average Bonchev–Trinajstić information content (AvgIpc) is 2.91. The monoisotopic (exact) mass is 372 g/mol. The van der Waals surface area contributed by atoms with Gasteiger partial charge in [-0.05, 0) is 42.0 Å². The summed E-state index contributed by atoms with van der Waals surface area (Å²) in [5, 5.41) is 28.4. The van der Waals surface area contributed by atoms with Crippen LogP contribution in [0.3, 0.4) is 0 Å². The van der Waals surface area contributed by atoms with E-state index in [9.17, 15) is 15.0 Å². The van der Waals surface area contributed by atoms with E-state index in [2.05, 4.69) is 15.2 Å². The van der Waals surface area contributed by atoms with Gasteiger partial charge in [-0.3, -0.25) is 5.10 Å². The Morgan fingerprint density at radius 1 is 1.48 bits per heavy atom. The third-order valence-electron chi connectivity index (χ3n) is 2.73. The molecular weight excluding hydrogens is 361 g/mol. The third-order valence-corrected chi connectivity index (χ3v) is 4.11. The van der Waals surface area contributed by atoms with Crippen molar-refractivity contribution >= 4 is 47.0 Å². The van der Waals surface area contributed by atoms with Crippen LogP contribution in [0.15, 0.2) is 22.2 Å². The van der Waals surface area contributed by atoms with Gasteiger partial charge in [0.1, 0.15) is 10.7 Å². The number of halogens is 2. The molecule has 0 aliphatic rings. The standard InChI is InChI=1S/C14H13Cl2N3O3S/c1-2-3-11-17-14(19-18-11)23-10(13(21)22)5-7-4-8(15)6-9(16)12(7)20/h4-6,20H,2-3H2,1H3,(H,21,22)(H,17,18,19)/p-1/b10-5-. The molecule has 2 N–H and O–H groups in total. The van der Waals surface area contributed by atoms with E-state index < -0.39 is 11.7 Å². The number of carboxylic acid groups (broad SMARTS) is 1. The molecule has 2 rings (SSSR count). The summed E-state index contributed by atoms with van der Waals surface area (Å²) in [6, 6.07) is 2.67. The first-order chi connectivity index (χ1) is 10.9. The predicted octanol–water partition coefficient (Wildman–Crippen LogP) is 3.36. The van der Waals surface area contributed by atoms with Crippen molar-refractivity contribution in [1.29, 1.82) is 0 Å². The largest absolute Gasteiger partial charge is 0.871 e. The molecule has 122 valence electrons. The van der Waals surface area contributed by atoms with Gasteiger partial charge in [-0.25, -0.2) is 9.78 Å². The Morgan fingerprint density at radius 2 is 2.22 bits per heavy atom. The average molecular weight is 373 g/mol. The van der Waals surface area contributed by atoms with Crippen molar-refractivity contribution in [3.63, 3.8) is 0 Å². The molecule has 0 spiro atoms. The Bertz CT molecular complexity index is 762. The van der Waals surface area contributed by atoms with Crippen molar-refractivity contribution in [2.45, 2.75) is 24.9 Å². The molecular formula is C14H12Cl2N3O3S-. The minimum Gasteiger partial charge on any atom is -0.871 e. The zero-order valence-electron chi connectivity index (χ0n) is 12.0. The van der Waals surface area contributed by atoms with E-state index in [1.165, 1.54) is 18.2 Å². The van der Waals surface area contributed by atoms with Crippen molar-refractivity contribution in [1.82, 2.24) is 15.2 Å². The highest BCUT2D eigenvalue weighted by atomic mass is 35.5. The van der Waals surface area contributed by atoms with Crippen LogP contribution in [-0.2, 0) is 11.2 Å². The fourth-order valence-electron chi connectivity index (χ4n) is 1.73. The number of rotatable bonds is 6. The maximum Gasteiger partial charge on any atom is 0.342 e. The molecule has 0 saturated heterocycles. The molecule has 0 saturated carbocycles. The summed E-state index contributed by atoms with van der Waals surface area (Å²) in [5.41, 5.74) is 0.0942. The molecule has 0 bridgehead atoms. The second-order valence-corrected chi connectivity index (χ2v) is 6.39. The number of aromatic nitrogens is 3. The van der Waals surface area contributed by atoms with E-state index in [1.807, 2.05) is 6.92 Å². The summed E-state index contributed by atoms with van der Waals surface area (Å²) >= 11 is 12.5. The molecule has 0 atom stereocenters. The number of carboxylic acids is 1. The van der Waals surface area contributed by atoms with Crippen LogP contribution in [0.5, 0.6) is 5.75 Å². The predicted molar refractivity (Wildman–Crippen MR) is 87.8 cm³/mol. The topological polar surface area (TPSA) is 102 Å². The van der Waals surface area contributed by atoms with Gasteiger partial charge in [-0.2, -0.15) is 0 Å². The summed E-state index contributed by atoms with van der Waals surface area (Å²) in [6.07, 6.45) is 2.82. The summed E-state index contributed by atoms with van der Waals surface area (Å²) in [5.74, 6) is -1.01. The molecule has 1 aromatic carbocycles. The molecule has 0 fully saturated rings. The van der Waals surface area contributed by atoms with E-state index in [0.717, 1.165) is 18.2 Å². The number of nitrogens with one attached hydrogen (secondary N) is 1. The second kappa shape index (κ2) is 7.72. The first-order valence-corrected chi connectivity index (χ1v) is 8.18. The van der Waals surface area contributed by atoms with E-state index in [-0.39, 0.29) is 25.7 Å². The number of carbonyl (C=O) groups is 1. The van der Waals surface area contributed by atoms with Crippen LogP contribution in [0.25, 0.3) is 6.08 Å². The van der Waals surface area contributed by atoms with Crippen LogP contribution in [0.4, 0.5) is 0 Å². The van der Waals surface area contributed by atoms with E-state index in [0.29, 0.717) is 12.2 Å². The number of hydrogen-bond donors (Lipinski definition) is 2. The summed E-state index contributed by atoms with van der Waals surface area (Å²) in [7, 11) is 0. The highest BCUT2D eigenvalue weighted by Gasteiger charge is 2.14. The second-order valence-electron chi connectivity index (χ2n) is 4.54. The number of hydrogen-bond acceptors (Lipinski definition) is 5. The van der Waals surface area contributed by atoms with Crippen LogP contribution in [0.2, 0.25) is 10.0 Å². The van der Waals surface area contributed by atoms with Gasteiger partial charge in [-0.1, -0.05) is 35.9 Å². The van der Waals surface area contributed by atoms with Gasteiger partial charge >= 0.3 is 5.97 Å². The summed E-state index contributed by atoms with van der Waals surface area (Å²) in [6.45, 7) is 2.00. The first kappa shape index (κ1) is 17.7. The normalized spacial score (nSPS) is 11.7. The molecule has 0 radical (unpaired) electrons. The molecule has 1 aromatic heterocycles. The highest BCUT2D eigenvalue weighted by molar-refractivity contribution is 8.04. The first-order valence-electron chi connectivity index (χ1n) is 6.61. The van der Waals surface area contributed by atoms with Gasteiger partial charge < -0.3 is 10.2 Å². The van der Waals surface area contributed by atoms with Crippen LogP contribution in [0, 0.1) is 0 Å². The van der Waals surface area contributed by atoms with Gasteiger partial charge in [-0.15, -0.1) is 5.10 Å². The van der Waals surface area contributed by atoms with E-state index in [4.69, 9.17) is 23.2 Å². The molecule has 0 aliphatic carbocycles. The maximum atomic E-state index is 11.9. The minimum absolute atomic E-state index is 0.0679. The molecule has 0 amide bonds. The zero-order valence-corrected chi connectivity index (χ0v) is 14.3. The van der Waals surface area contributed by atoms with Crippen molar-refractivity contribution < 1.29 is 15.0 Å². The van der Waals surface area contributed by atoms with Crippen molar-refractivity contribution in [3.8, 4) is 5.75 Å². The van der Waals surface area contributed by atoms with Crippen molar-refractivity contribution in [2.75, 3.05) is 0 Å². The Hall–Kier alpha value is -1.70. The lowest BCUT2D eigenvalue weighted by Crippen LogP contribution is -2.00. The van der Waals surface area contributed by atoms with Gasteiger partial charge in [0, 0.05) is 16.5 Å². The molecule has 0 unspecified atom stereocenters. The number of H-pyrrole nitrogens is 1. The fraction of sp³-hybridized carbons (Fsp3) is 0.214. The Morgan fingerprint density at radius 3 is 2.87 bits per heavy atom. The van der Waals surface area contributed by atoms with Gasteiger partial charge in [0.15, 0.2) is 0 Å². The SMILES string of the molecule is CCCc1nc(S/C(=C\c2cc(Cl)cc(Cl)c2[O-])C(=O)O)n[nH]1. The Kier molecular flexibility index (Phi) is 5.92. The summed E-state index contributed by atoms with van der Waals surface area (Å²) < 4.78 is 0. The van der Waals surface area contributed by atoms with Gasteiger partial charge in [0.2, 0.25) is 5.16 Å². The highest BCUT2D eigenvalue weighted by Crippen LogP contribution is 2.33. The van der Waals surface area contributed by atoms with E-state index in [1.54, 1.807) is 0 Å². The summed E-state index contributed by atoms with van der Waals surface area (Å²) in [4.78, 5) is 15.5. The number of benzene rings is 1. The lowest BCUT2D eigenvalue weighted by Gasteiger charge is -2.13. The third kappa shape index (κ3) is 4.63. The molecule has 0 aliphatic heterocycles. The minimum atomic E-state index is -1.20. The number of aliphatic carboxylic acids is 1. The number of aryl methyl sites for hydroxylation is 1. The van der Waals surface area contributed by atoms with Crippen LogP contribution >= 0.6 is 35.0 Å². The lowest BCUT2D eigenvalue weighted by atomic mass is 10.2. The maximum absolute atomic E-state index is 11.9. The van der Waals surface area contributed by atoms with Crippen molar-refractivity contribution in [3.05, 3.63) is 38.5 Å². The van der Waals surface area contributed by atoms with Gasteiger partial charge in [0.25, 0.3) is 0 Å². The Balaban J connectivity index is 2.32. The van der Waals surface area contributed by atoms with Crippen LogP contribution in [0.1, 0.15) is 24.7 Å². The van der Waals surface area contributed by atoms with Crippen LogP contribution in [-0.4, -0.2) is 26.3 Å². The number of thioether (sulfide) groups is 1. The van der Waals surface area contributed by atoms with Gasteiger partial charge in [0.05, 0.1) is 0 Å². The molecule has 2 aromatic rings.